The standard InChI is InChI=1S/C14H15BrN2O/c15-13-9-12(16)10-17-14(13)18-8-4-7-11-5-2-1-3-6-11/h1-3,5-6,9-10H,4,7-8,16H2. The normalized spacial score (nSPS) is 10.3. The largest absolute Gasteiger partial charge is 0.477 e. The van der Waals surface area contributed by atoms with Crippen molar-refractivity contribution < 1.29 is 4.74 Å². The maximum Gasteiger partial charge on any atom is 0.228 e. The van der Waals surface area contributed by atoms with Gasteiger partial charge in [-0.25, -0.2) is 4.98 Å². The second kappa shape index (κ2) is 6.40. The van der Waals surface area contributed by atoms with Crippen LogP contribution >= 0.6 is 15.9 Å². The van der Waals surface area contributed by atoms with Crippen molar-refractivity contribution in [3.63, 3.8) is 0 Å². The average Bonchev–Trinajstić information content (AvgIpc) is 2.38. The summed E-state index contributed by atoms with van der Waals surface area (Å²) in [7, 11) is 0. The molecule has 0 unspecified atom stereocenters. The van der Waals surface area contributed by atoms with Gasteiger partial charge in [0.05, 0.1) is 23.0 Å². The Labute approximate surface area is 115 Å². The predicted octanol–water partition coefficient (Wildman–Crippen LogP) is 3.44. The lowest BCUT2D eigenvalue weighted by molar-refractivity contribution is 0.297. The van der Waals surface area contributed by atoms with E-state index in [-0.39, 0.29) is 0 Å². The van der Waals surface area contributed by atoms with Crippen molar-refractivity contribution in [3.05, 3.63) is 52.6 Å². The van der Waals surface area contributed by atoms with Gasteiger partial charge in [0, 0.05) is 0 Å². The summed E-state index contributed by atoms with van der Waals surface area (Å²) in [5, 5.41) is 0. The summed E-state index contributed by atoms with van der Waals surface area (Å²) in [4.78, 5) is 4.13. The van der Waals surface area contributed by atoms with Crippen molar-refractivity contribution in [2.45, 2.75) is 12.8 Å². The molecule has 3 nitrogen and oxygen atoms in total. The number of rotatable bonds is 5. The van der Waals surface area contributed by atoms with Gasteiger partial charge in [0.25, 0.3) is 0 Å². The lowest BCUT2D eigenvalue weighted by Crippen LogP contribution is -2.02. The lowest BCUT2D eigenvalue weighted by Gasteiger charge is -2.07. The van der Waals surface area contributed by atoms with Crippen molar-refractivity contribution in [1.82, 2.24) is 4.98 Å². The monoisotopic (exact) mass is 306 g/mol. The maximum atomic E-state index is 5.61. The molecule has 1 aromatic carbocycles. The molecular weight excluding hydrogens is 292 g/mol. The van der Waals surface area contributed by atoms with Gasteiger partial charge in [0.1, 0.15) is 0 Å². The van der Waals surface area contributed by atoms with E-state index in [1.165, 1.54) is 5.56 Å². The quantitative estimate of drug-likeness (QED) is 0.861. The third kappa shape index (κ3) is 3.74. The molecule has 0 radical (unpaired) electrons. The average molecular weight is 307 g/mol. The second-order valence-electron chi connectivity index (χ2n) is 3.99. The van der Waals surface area contributed by atoms with E-state index in [1.807, 2.05) is 18.2 Å². The Morgan fingerprint density at radius 3 is 2.72 bits per heavy atom. The molecule has 0 fully saturated rings. The van der Waals surface area contributed by atoms with Crippen LogP contribution in [-0.4, -0.2) is 11.6 Å². The summed E-state index contributed by atoms with van der Waals surface area (Å²) < 4.78 is 6.39. The molecule has 0 aliphatic carbocycles. The summed E-state index contributed by atoms with van der Waals surface area (Å²) >= 11 is 3.38. The highest BCUT2D eigenvalue weighted by Gasteiger charge is 2.02. The van der Waals surface area contributed by atoms with Crippen molar-refractivity contribution in [2.75, 3.05) is 12.3 Å². The molecule has 2 N–H and O–H groups in total. The van der Waals surface area contributed by atoms with E-state index in [9.17, 15) is 0 Å². The molecule has 0 bridgehead atoms. The number of hydrogen-bond donors (Lipinski definition) is 1. The summed E-state index contributed by atoms with van der Waals surface area (Å²) in [5.74, 6) is 0.595. The van der Waals surface area contributed by atoms with Gasteiger partial charge >= 0.3 is 0 Å². The fourth-order valence-corrected chi connectivity index (χ4v) is 2.12. The van der Waals surface area contributed by atoms with Crippen molar-refractivity contribution in [3.8, 4) is 5.88 Å². The highest BCUT2D eigenvalue weighted by molar-refractivity contribution is 9.10. The van der Waals surface area contributed by atoms with E-state index < -0.39 is 0 Å². The van der Waals surface area contributed by atoms with Gasteiger partial charge in [0.15, 0.2) is 0 Å². The molecule has 4 heteroatoms. The Morgan fingerprint density at radius 2 is 2.00 bits per heavy atom. The van der Waals surface area contributed by atoms with Crippen LogP contribution in [0.25, 0.3) is 0 Å². The van der Waals surface area contributed by atoms with Crippen LogP contribution < -0.4 is 10.5 Å². The van der Waals surface area contributed by atoms with Crippen LogP contribution in [0.2, 0.25) is 0 Å². The molecule has 2 rings (SSSR count). The molecule has 0 aliphatic rings. The van der Waals surface area contributed by atoms with Crippen molar-refractivity contribution in [2.24, 2.45) is 0 Å². The molecular formula is C14H15BrN2O. The van der Waals surface area contributed by atoms with Crippen LogP contribution in [0.1, 0.15) is 12.0 Å². The Hall–Kier alpha value is -1.55. The Kier molecular flexibility index (Phi) is 4.59. The number of benzene rings is 1. The molecule has 2 aromatic rings. The first-order valence-corrected chi connectivity index (χ1v) is 6.63. The molecule has 1 aromatic heterocycles. The number of nitrogens with two attached hydrogens (primary N) is 1. The minimum Gasteiger partial charge on any atom is -0.477 e. The highest BCUT2D eigenvalue weighted by Crippen LogP contribution is 2.23. The number of aryl methyl sites for hydroxylation is 1. The van der Waals surface area contributed by atoms with Gasteiger partial charge in [-0.3, -0.25) is 0 Å². The minimum absolute atomic E-state index is 0.595. The molecule has 94 valence electrons. The van der Waals surface area contributed by atoms with Crippen LogP contribution in [-0.2, 0) is 6.42 Å². The first-order valence-electron chi connectivity index (χ1n) is 5.83. The van der Waals surface area contributed by atoms with Crippen LogP contribution in [0.4, 0.5) is 5.69 Å². The van der Waals surface area contributed by atoms with Crippen molar-refractivity contribution in [1.29, 1.82) is 0 Å². The smallest absolute Gasteiger partial charge is 0.228 e. The SMILES string of the molecule is Nc1cnc(OCCCc2ccccc2)c(Br)c1. The molecule has 0 amide bonds. The molecule has 1 heterocycles. The number of ether oxygens (including phenoxy) is 1. The zero-order valence-electron chi connectivity index (χ0n) is 9.97. The molecule has 0 aliphatic heterocycles. The van der Waals surface area contributed by atoms with E-state index in [1.54, 1.807) is 12.3 Å². The summed E-state index contributed by atoms with van der Waals surface area (Å²) in [5.41, 5.74) is 7.56. The lowest BCUT2D eigenvalue weighted by atomic mass is 10.1. The number of aromatic nitrogens is 1. The predicted molar refractivity (Wildman–Crippen MR) is 76.6 cm³/mol. The van der Waals surface area contributed by atoms with E-state index in [4.69, 9.17) is 10.5 Å². The van der Waals surface area contributed by atoms with Gasteiger partial charge in [-0.15, -0.1) is 0 Å². The van der Waals surface area contributed by atoms with E-state index >= 15 is 0 Å². The van der Waals surface area contributed by atoms with E-state index in [0.29, 0.717) is 18.2 Å². The van der Waals surface area contributed by atoms with Gasteiger partial charge < -0.3 is 10.5 Å². The number of anilines is 1. The number of pyridine rings is 1. The van der Waals surface area contributed by atoms with E-state index in [2.05, 4.69) is 33.0 Å². The van der Waals surface area contributed by atoms with Gasteiger partial charge in [-0.1, -0.05) is 30.3 Å². The molecule has 0 saturated carbocycles. The van der Waals surface area contributed by atoms with Gasteiger partial charge in [-0.05, 0) is 40.4 Å². The van der Waals surface area contributed by atoms with Crippen LogP contribution in [0.15, 0.2) is 47.1 Å². The number of nitrogens with zero attached hydrogens (tertiary/aromatic N) is 1. The number of halogens is 1. The summed E-state index contributed by atoms with van der Waals surface area (Å²) in [6, 6.07) is 12.2. The summed E-state index contributed by atoms with van der Waals surface area (Å²) in [6.45, 7) is 0.643. The van der Waals surface area contributed by atoms with Crippen molar-refractivity contribution >= 4 is 21.6 Å². The zero-order chi connectivity index (χ0) is 12.8. The Bertz CT molecular complexity index is 502. The molecule has 0 atom stereocenters. The fourth-order valence-electron chi connectivity index (χ4n) is 1.64. The molecule has 0 saturated heterocycles. The first-order chi connectivity index (χ1) is 8.75. The number of hydrogen-bond acceptors (Lipinski definition) is 3. The van der Waals surface area contributed by atoms with Crippen LogP contribution in [0, 0.1) is 0 Å². The minimum atomic E-state index is 0.595. The van der Waals surface area contributed by atoms with E-state index in [0.717, 1.165) is 17.3 Å². The first kappa shape index (κ1) is 12.9. The topological polar surface area (TPSA) is 48.1 Å². The Balaban J connectivity index is 1.79. The van der Waals surface area contributed by atoms with Gasteiger partial charge in [0.2, 0.25) is 5.88 Å². The third-order valence-electron chi connectivity index (χ3n) is 2.52. The van der Waals surface area contributed by atoms with Crippen LogP contribution in [0.5, 0.6) is 5.88 Å². The summed E-state index contributed by atoms with van der Waals surface area (Å²) in [6.07, 6.45) is 3.56. The maximum absolute atomic E-state index is 5.61. The highest BCUT2D eigenvalue weighted by atomic mass is 79.9. The van der Waals surface area contributed by atoms with Gasteiger partial charge in [-0.2, -0.15) is 0 Å². The third-order valence-corrected chi connectivity index (χ3v) is 3.09. The fraction of sp³-hybridized carbons (Fsp3) is 0.214. The zero-order valence-corrected chi connectivity index (χ0v) is 11.6. The second-order valence-corrected chi connectivity index (χ2v) is 4.85. The Morgan fingerprint density at radius 1 is 1.22 bits per heavy atom. The van der Waals surface area contributed by atoms with Crippen LogP contribution in [0.3, 0.4) is 0 Å². The molecule has 0 spiro atoms. The number of nitrogen functional groups attached to an aromatic ring is 1. The molecule has 18 heavy (non-hydrogen) atoms.